The van der Waals surface area contributed by atoms with Crippen LogP contribution in [0, 0.1) is 0 Å². The SMILES string of the molecule is COc1ccc([C@@H]2CC(c3cccs3)=NN2C(=O)c2ccc(Br)o2)cc1. The molecule has 0 spiro atoms. The van der Waals surface area contributed by atoms with Crippen molar-refractivity contribution in [3.05, 3.63) is 74.8 Å². The van der Waals surface area contributed by atoms with Crippen LogP contribution in [-0.4, -0.2) is 23.7 Å². The summed E-state index contributed by atoms with van der Waals surface area (Å²) in [6, 6.07) is 14.9. The molecule has 4 rings (SSSR count). The molecular formula is C19H15BrN2O3S. The second-order valence-electron chi connectivity index (χ2n) is 5.77. The summed E-state index contributed by atoms with van der Waals surface area (Å²) < 4.78 is 11.2. The number of methoxy groups -OCH3 is 1. The molecule has 2 aromatic heterocycles. The molecule has 3 aromatic rings. The molecule has 3 heterocycles. The second-order valence-corrected chi connectivity index (χ2v) is 7.50. The van der Waals surface area contributed by atoms with Gasteiger partial charge in [0.1, 0.15) is 5.75 Å². The van der Waals surface area contributed by atoms with Crippen LogP contribution >= 0.6 is 27.3 Å². The summed E-state index contributed by atoms with van der Waals surface area (Å²) in [6.45, 7) is 0. The predicted octanol–water partition coefficient (Wildman–Crippen LogP) is 5.10. The van der Waals surface area contributed by atoms with Crippen molar-refractivity contribution in [2.45, 2.75) is 12.5 Å². The summed E-state index contributed by atoms with van der Waals surface area (Å²) in [5, 5.41) is 8.15. The molecule has 1 aliphatic heterocycles. The Morgan fingerprint density at radius 3 is 2.69 bits per heavy atom. The number of ether oxygens (including phenoxy) is 1. The quantitative estimate of drug-likeness (QED) is 0.578. The third-order valence-corrected chi connectivity index (χ3v) is 5.55. The maximum absolute atomic E-state index is 13.0. The average Bonchev–Trinajstić information content (AvgIpc) is 3.41. The first-order chi connectivity index (χ1) is 12.7. The highest BCUT2D eigenvalue weighted by Crippen LogP contribution is 2.35. The Balaban J connectivity index is 1.70. The molecular weight excluding hydrogens is 416 g/mol. The van der Waals surface area contributed by atoms with Crippen LogP contribution < -0.4 is 4.74 Å². The van der Waals surface area contributed by atoms with Gasteiger partial charge in [0, 0.05) is 6.42 Å². The number of carbonyl (C=O) groups excluding carboxylic acids is 1. The Hall–Kier alpha value is -2.38. The first kappa shape index (κ1) is 17.1. The molecule has 7 heteroatoms. The van der Waals surface area contributed by atoms with Crippen molar-refractivity contribution in [1.82, 2.24) is 5.01 Å². The Morgan fingerprint density at radius 1 is 1.27 bits per heavy atom. The van der Waals surface area contributed by atoms with Gasteiger partial charge in [0.25, 0.3) is 0 Å². The zero-order valence-corrected chi connectivity index (χ0v) is 16.3. The summed E-state index contributed by atoms with van der Waals surface area (Å²) in [4.78, 5) is 14.0. The van der Waals surface area contributed by atoms with E-state index in [1.807, 2.05) is 41.8 Å². The number of amides is 1. The highest BCUT2D eigenvalue weighted by molar-refractivity contribution is 9.10. The molecule has 0 N–H and O–H groups in total. The number of hydrogen-bond acceptors (Lipinski definition) is 5. The number of nitrogens with zero attached hydrogens (tertiary/aromatic N) is 2. The van der Waals surface area contributed by atoms with Crippen LogP contribution in [0.25, 0.3) is 0 Å². The van der Waals surface area contributed by atoms with Gasteiger partial charge in [0.2, 0.25) is 0 Å². The van der Waals surface area contributed by atoms with E-state index in [-0.39, 0.29) is 17.7 Å². The number of furan rings is 1. The first-order valence-electron chi connectivity index (χ1n) is 8.00. The number of halogens is 1. The standard InChI is InChI=1S/C19H15BrN2O3S/c1-24-13-6-4-12(5-7-13)15-11-14(17-3-2-10-26-17)21-22(15)19(23)16-8-9-18(20)25-16/h2-10,15H,11H2,1H3/t15-/m0/s1. The van der Waals surface area contributed by atoms with E-state index < -0.39 is 0 Å². The molecule has 0 radical (unpaired) electrons. The zero-order valence-electron chi connectivity index (χ0n) is 13.9. The average molecular weight is 431 g/mol. The van der Waals surface area contributed by atoms with E-state index in [1.165, 1.54) is 5.01 Å². The highest BCUT2D eigenvalue weighted by atomic mass is 79.9. The van der Waals surface area contributed by atoms with Crippen LogP contribution in [-0.2, 0) is 0 Å². The van der Waals surface area contributed by atoms with Gasteiger partial charge < -0.3 is 9.15 Å². The van der Waals surface area contributed by atoms with E-state index in [1.54, 1.807) is 30.6 Å². The molecule has 0 aliphatic carbocycles. The largest absolute Gasteiger partial charge is 0.497 e. The van der Waals surface area contributed by atoms with Gasteiger partial charge in [0.05, 0.1) is 23.7 Å². The van der Waals surface area contributed by atoms with Gasteiger partial charge >= 0.3 is 5.91 Å². The molecule has 1 amide bonds. The molecule has 0 saturated heterocycles. The number of thiophene rings is 1. The van der Waals surface area contributed by atoms with Gasteiger partial charge in [-0.25, -0.2) is 5.01 Å². The summed E-state index contributed by atoms with van der Waals surface area (Å²) in [5.74, 6) is 0.772. The summed E-state index contributed by atoms with van der Waals surface area (Å²) in [6.07, 6.45) is 0.653. The minimum absolute atomic E-state index is 0.186. The highest BCUT2D eigenvalue weighted by Gasteiger charge is 2.35. The van der Waals surface area contributed by atoms with Gasteiger partial charge in [-0.05, 0) is 57.2 Å². The van der Waals surface area contributed by atoms with E-state index in [9.17, 15) is 4.79 Å². The van der Waals surface area contributed by atoms with Crippen LogP contribution in [0.15, 0.2) is 68.1 Å². The van der Waals surface area contributed by atoms with Crippen molar-refractivity contribution in [1.29, 1.82) is 0 Å². The van der Waals surface area contributed by atoms with Gasteiger partial charge in [0.15, 0.2) is 10.4 Å². The predicted molar refractivity (Wildman–Crippen MR) is 104 cm³/mol. The molecule has 0 saturated carbocycles. The van der Waals surface area contributed by atoms with Crippen molar-refractivity contribution in [2.24, 2.45) is 5.10 Å². The van der Waals surface area contributed by atoms with Crippen molar-refractivity contribution in [3.63, 3.8) is 0 Å². The van der Waals surface area contributed by atoms with Crippen molar-refractivity contribution in [2.75, 3.05) is 7.11 Å². The fourth-order valence-corrected chi connectivity index (χ4v) is 3.94. The van der Waals surface area contributed by atoms with Crippen LogP contribution in [0.4, 0.5) is 0 Å². The number of hydrogen-bond donors (Lipinski definition) is 0. The molecule has 1 atom stereocenters. The lowest BCUT2D eigenvalue weighted by atomic mass is 10.0. The van der Waals surface area contributed by atoms with E-state index in [2.05, 4.69) is 21.0 Å². The molecule has 0 bridgehead atoms. The van der Waals surface area contributed by atoms with Crippen LogP contribution in [0.1, 0.15) is 33.5 Å². The Morgan fingerprint density at radius 2 is 2.08 bits per heavy atom. The summed E-state index contributed by atoms with van der Waals surface area (Å²) >= 11 is 4.86. The minimum atomic E-state index is -0.261. The summed E-state index contributed by atoms with van der Waals surface area (Å²) in [7, 11) is 1.63. The Bertz CT molecular complexity index is 948. The normalized spacial score (nSPS) is 16.6. The lowest BCUT2D eigenvalue weighted by molar-refractivity contribution is 0.0677. The first-order valence-corrected chi connectivity index (χ1v) is 9.67. The maximum atomic E-state index is 13.0. The lowest BCUT2D eigenvalue weighted by Crippen LogP contribution is -2.26. The number of hydrazone groups is 1. The molecule has 5 nitrogen and oxygen atoms in total. The van der Waals surface area contributed by atoms with E-state index in [0.717, 1.165) is 21.9 Å². The molecule has 1 aliphatic rings. The second kappa shape index (κ2) is 7.09. The fourth-order valence-electron chi connectivity index (χ4n) is 2.92. The number of rotatable bonds is 4. The van der Waals surface area contributed by atoms with Crippen LogP contribution in [0.5, 0.6) is 5.75 Å². The third-order valence-electron chi connectivity index (χ3n) is 4.21. The van der Waals surface area contributed by atoms with Gasteiger partial charge in [-0.1, -0.05) is 18.2 Å². The molecule has 1 aromatic carbocycles. The van der Waals surface area contributed by atoms with E-state index in [0.29, 0.717) is 11.1 Å². The van der Waals surface area contributed by atoms with Crippen molar-refractivity contribution in [3.8, 4) is 5.75 Å². The van der Waals surface area contributed by atoms with Crippen LogP contribution in [0.3, 0.4) is 0 Å². The number of carbonyl (C=O) groups is 1. The van der Waals surface area contributed by atoms with Gasteiger partial charge in [-0.15, -0.1) is 11.3 Å². The topological polar surface area (TPSA) is 55.0 Å². The molecule has 132 valence electrons. The molecule has 0 fully saturated rings. The minimum Gasteiger partial charge on any atom is -0.497 e. The van der Waals surface area contributed by atoms with E-state index >= 15 is 0 Å². The van der Waals surface area contributed by atoms with Crippen molar-refractivity contribution < 1.29 is 13.9 Å². The maximum Gasteiger partial charge on any atom is 0.310 e. The van der Waals surface area contributed by atoms with Crippen LogP contribution in [0.2, 0.25) is 0 Å². The monoisotopic (exact) mass is 430 g/mol. The third kappa shape index (κ3) is 3.20. The Kier molecular flexibility index (Phi) is 4.65. The van der Waals surface area contributed by atoms with Crippen molar-refractivity contribution >= 4 is 38.9 Å². The van der Waals surface area contributed by atoms with E-state index in [4.69, 9.17) is 9.15 Å². The smallest absolute Gasteiger partial charge is 0.310 e. The Labute approximate surface area is 163 Å². The summed E-state index contributed by atoms with van der Waals surface area (Å²) in [5.41, 5.74) is 1.90. The zero-order chi connectivity index (χ0) is 18.1. The lowest BCUT2D eigenvalue weighted by Gasteiger charge is -2.21. The molecule has 26 heavy (non-hydrogen) atoms. The fraction of sp³-hybridized carbons (Fsp3) is 0.158. The molecule has 0 unspecified atom stereocenters. The van der Waals surface area contributed by atoms with Gasteiger partial charge in [-0.3, -0.25) is 4.79 Å². The number of benzene rings is 1. The van der Waals surface area contributed by atoms with Gasteiger partial charge in [-0.2, -0.15) is 5.10 Å².